The molecule has 1 aliphatic carbocycles. The largest absolute Gasteiger partial charge is 0.469 e. The van der Waals surface area contributed by atoms with Gasteiger partial charge in [-0.3, -0.25) is 10.2 Å². The Morgan fingerprint density at radius 3 is 2.76 bits per heavy atom. The van der Waals surface area contributed by atoms with Crippen LogP contribution in [0, 0.1) is 18.3 Å². The summed E-state index contributed by atoms with van der Waals surface area (Å²) >= 11 is 0. The van der Waals surface area contributed by atoms with Crippen molar-refractivity contribution in [3.8, 4) is 0 Å². The Hall–Kier alpha value is -1.71. The smallest absolute Gasteiger partial charge is 0.273 e. The Bertz CT molecular complexity index is 529. The van der Waals surface area contributed by atoms with E-state index in [2.05, 4.69) is 37.7 Å². The lowest BCUT2D eigenvalue weighted by atomic mass is 9.71. The first-order valence-corrected chi connectivity index (χ1v) is 7.73. The molecule has 0 saturated carbocycles. The molecule has 0 bridgehead atoms. The van der Waals surface area contributed by atoms with Crippen molar-refractivity contribution in [3.05, 3.63) is 35.4 Å². The lowest BCUT2D eigenvalue weighted by molar-refractivity contribution is 0.0935. The number of carbonyl (C=O) groups excluding carboxylic acids is 1. The zero-order valence-corrected chi connectivity index (χ0v) is 13.5. The molecule has 0 saturated heterocycles. The maximum Gasteiger partial charge on any atom is 0.273 e. The van der Waals surface area contributed by atoms with Crippen molar-refractivity contribution in [2.24, 2.45) is 11.3 Å². The Morgan fingerprint density at radius 1 is 1.48 bits per heavy atom. The Kier molecular flexibility index (Phi) is 4.76. The quantitative estimate of drug-likeness (QED) is 0.807. The summed E-state index contributed by atoms with van der Waals surface area (Å²) in [5.41, 5.74) is 7.86. The maximum absolute atomic E-state index is 12.0. The van der Waals surface area contributed by atoms with Gasteiger partial charge in [0.2, 0.25) is 0 Å². The number of hydrazine groups is 1. The van der Waals surface area contributed by atoms with E-state index in [4.69, 9.17) is 4.42 Å². The van der Waals surface area contributed by atoms with Crippen LogP contribution in [0.1, 0.15) is 62.6 Å². The van der Waals surface area contributed by atoms with Crippen LogP contribution in [0.15, 0.2) is 28.5 Å². The Morgan fingerprint density at radius 2 is 2.24 bits per heavy atom. The number of hydrogen-bond acceptors (Lipinski definition) is 3. The van der Waals surface area contributed by atoms with Crippen LogP contribution in [-0.4, -0.2) is 5.91 Å². The highest BCUT2D eigenvalue weighted by Crippen LogP contribution is 2.39. The number of nitrogens with one attached hydrogen (secondary N) is 2. The number of furan rings is 1. The predicted molar refractivity (Wildman–Crippen MR) is 83.5 cm³/mol. The highest BCUT2D eigenvalue weighted by molar-refractivity contribution is 5.94. The van der Waals surface area contributed by atoms with Crippen molar-refractivity contribution in [1.82, 2.24) is 10.9 Å². The molecule has 2 rings (SSSR count). The summed E-state index contributed by atoms with van der Waals surface area (Å²) in [7, 11) is 0. The van der Waals surface area contributed by atoms with E-state index in [9.17, 15) is 4.79 Å². The third kappa shape index (κ3) is 3.69. The normalized spacial score (nSPS) is 19.0. The van der Waals surface area contributed by atoms with Crippen molar-refractivity contribution in [1.29, 1.82) is 0 Å². The van der Waals surface area contributed by atoms with E-state index in [1.807, 2.05) is 0 Å². The number of rotatable bonds is 5. The van der Waals surface area contributed by atoms with Gasteiger partial charge in [-0.15, -0.1) is 0 Å². The highest BCUT2D eigenvalue weighted by atomic mass is 16.3. The fraction of sp³-hybridized carbons (Fsp3) is 0.588. The van der Waals surface area contributed by atoms with Crippen molar-refractivity contribution < 1.29 is 9.21 Å². The fourth-order valence-corrected chi connectivity index (χ4v) is 2.77. The predicted octanol–water partition coefficient (Wildman–Crippen LogP) is 3.94. The third-order valence-corrected chi connectivity index (χ3v) is 4.87. The van der Waals surface area contributed by atoms with E-state index in [1.165, 1.54) is 19.1 Å². The zero-order valence-electron chi connectivity index (χ0n) is 13.5. The van der Waals surface area contributed by atoms with Crippen LogP contribution < -0.4 is 10.9 Å². The zero-order chi connectivity index (χ0) is 15.5. The molecule has 1 heterocycles. The number of carbonyl (C=O) groups is 1. The van der Waals surface area contributed by atoms with Gasteiger partial charge in [0.05, 0.1) is 11.8 Å². The standard InChI is InChI=1S/C17H26N2O2/c1-5-17(3,4)13-6-8-14(9-7-13)18-19-16(20)15-10-11-21-12(15)2/h8,10-11,13,18H,5-7,9H2,1-4H3,(H,19,20)/t13-/m1/s1. The van der Waals surface area contributed by atoms with Crippen molar-refractivity contribution in [2.75, 3.05) is 0 Å². The SMILES string of the molecule is CCC(C)(C)[C@@H]1CC=C(NNC(=O)c2ccoc2C)CC1. The molecule has 21 heavy (non-hydrogen) atoms. The topological polar surface area (TPSA) is 54.3 Å². The second-order valence-corrected chi connectivity index (χ2v) is 6.51. The lowest BCUT2D eigenvalue weighted by Crippen LogP contribution is -2.38. The minimum Gasteiger partial charge on any atom is -0.469 e. The van der Waals surface area contributed by atoms with Gasteiger partial charge < -0.3 is 9.84 Å². The Labute approximate surface area is 127 Å². The molecule has 4 heteroatoms. The molecule has 1 aromatic heterocycles. The molecule has 1 amide bonds. The molecule has 0 spiro atoms. The first-order valence-electron chi connectivity index (χ1n) is 7.73. The van der Waals surface area contributed by atoms with E-state index >= 15 is 0 Å². The van der Waals surface area contributed by atoms with E-state index < -0.39 is 0 Å². The molecular weight excluding hydrogens is 264 g/mol. The summed E-state index contributed by atoms with van der Waals surface area (Å²) in [6, 6.07) is 1.68. The molecule has 0 radical (unpaired) electrons. The number of amides is 1. The first kappa shape index (κ1) is 15.7. The summed E-state index contributed by atoms with van der Waals surface area (Å²) < 4.78 is 5.14. The minimum absolute atomic E-state index is 0.154. The number of allylic oxidation sites excluding steroid dienone is 2. The molecule has 0 fully saturated rings. The van der Waals surface area contributed by atoms with E-state index in [0.29, 0.717) is 16.7 Å². The molecule has 1 aromatic rings. The van der Waals surface area contributed by atoms with Gasteiger partial charge in [0.25, 0.3) is 5.91 Å². The van der Waals surface area contributed by atoms with Crippen molar-refractivity contribution >= 4 is 5.91 Å². The minimum atomic E-state index is -0.154. The fourth-order valence-electron chi connectivity index (χ4n) is 2.77. The van der Waals surface area contributed by atoms with Gasteiger partial charge >= 0.3 is 0 Å². The lowest BCUT2D eigenvalue weighted by Gasteiger charge is -2.35. The third-order valence-electron chi connectivity index (χ3n) is 4.87. The van der Waals surface area contributed by atoms with Crippen molar-refractivity contribution in [2.45, 2.75) is 53.4 Å². The van der Waals surface area contributed by atoms with Gasteiger partial charge in [-0.25, -0.2) is 0 Å². The number of hydrogen-bond donors (Lipinski definition) is 2. The second kappa shape index (κ2) is 6.37. The summed E-state index contributed by atoms with van der Waals surface area (Å²) in [6.45, 7) is 8.72. The van der Waals surface area contributed by atoms with Crippen LogP contribution in [0.3, 0.4) is 0 Å². The Balaban J connectivity index is 1.86. The van der Waals surface area contributed by atoms with E-state index in [0.717, 1.165) is 24.5 Å². The summed E-state index contributed by atoms with van der Waals surface area (Å²) in [4.78, 5) is 12.0. The summed E-state index contributed by atoms with van der Waals surface area (Å²) in [6.07, 6.45) is 8.17. The van der Waals surface area contributed by atoms with Crippen LogP contribution in [0.2, 0.25) is 0 Å². The van der Waals surface area contributed by atoms with Crippen LogP contribution in [0.25, 0.3) is 0 Å². The molecule has 4 nitrogen and oxygen atoms in total. The van der Waals surface area contributed by atoms with Gasteiger partial charge in [-0.2, -0.15) is 0 Å². The highest BCUT2D eigenvalue weighted by Gasteiger charge is 2.28. The molecular formula is C17H26N2O2. The van der Waals surface area contributed by atoms with Crippen LogP contribution in [0.5, 0.6) is 0 Å². The van der Waals surface area contributed by atoms with Crippen LogP contribution >= 0.6 is 0 Å². The average molecular weight is 290 g/mol. The molecule has 1 atom stereocenters. The van der Waals surface area contributed by atoms with Crippen LogP contribution in [-0.2, 0) is 0 Å². The second-order valence-electron chi connectivity index (χ2n) is 6.51. The maximum atomic E-state index is 12.0. The first-order chi connectivity index (χ1) is 9.94. The molecule has 0 aromatic carbocycles. The van der Waals surface area contributed by atoms with Gasteiger partial charge in [0.15, 0.2) is 0 Å². The van der Waals surface area contributed by atoms with Crippen LogP contribution in [0.4, 0.5) is 0 Å². The van der Waals surface area contributed by atoms with Crippen molar-refractivity contribution in [3.63, 3.8) is 0 Å². The molecule has 1 aliphatic rings. The van der Waals surface area contributed by atoms with Gasteiger partial charge in [0.1, 0.15) is 5.76 Å². The van der Waals surface area contributed by atoms with E-state index in [-0.39, 0.29) is 5.91 Å². The summed E-state index contributed by atoms with van der Waals surface area (Å²) in [5, 5.41) is 0. The molecule has 0 unspecified atom stereocenters. The molecule has 116 valence electrons. The van der Waals surface area contributed by atoms with Gasteiger partial charge in [0, 0.05) is 5.70 Å². The van der Waals surface area contributed by atoms with E-state index in [1.54, 1.807) is 13.0 Å². The number of aryl methyl sites for hydroxylation is 1. The molecule has 2 N–H and O–H groups in total. The summed E-state index contributed by atoms with van der Waals surface area (Å²) in [5.74, 6) is 1.20. The van der Waals surface area contributed by atoms with Gasteiger partial charge in [-0.1, -0.05) is 33.3 Å². The van der Waals surface area contributed by atoms with Gasteiger partial charge in [-0.05, 0) is 43.6 Å². The average Bonchev–Trinajstić information content (AvgIpc) is 2.91. The molecule has 0 aliphatic heterocycles. The monoisotopic (exact) mass is 290 g/mol.